The minimum Gasteiger partial charge on any atom is -0.481 e. The second kappa shape index (κ2) is 5.67. The van der Waals surface area contributed by atoms with Gasteiger partial charge in [-0.2, -0.15) is 0 Å². The minimum atomic E-state index is -0.957. The van der Waals surface area contributed by atoms with E-state index in [1.165, 1.54) is 0 Å². The Kier molecular flexibility index (Phi) is 4.70. The van der Waals surface area contributed by atoms with Gasteiger partial charge in [0.05, 0.1) is 13.0 Å². The van der Waals surface area contributed by atoms with Gasteiger partial charge in [0, 0.05) is 32.8 Å². The fraction of sp³-hybridized carbons (Fsp3) is 0.833. The van der Waals surface area contributed by atoms with E-state index < -0.39 is 12.0 Å². The van der Waals surface area contributed by atoms with Crippen LogP contribution >= 0.6 is 0 Å². The van der Waals surface area contributed by atoms with E-state index in [0.29, 0.717) is 19.7 Å². The average molecular weight is 258 g/mol. The SMILES string of the molecule is COCCN1C(CC(=O)O)C(=O)N(C)CC1(C)C. The van der Waals surface area contributed by atoms with Gasteiger partial charge in [0.15, 0.2) is 0 Å². The molecule has 6 nitrogen and oxygen atoms in total. The summed E-state index contributed by atoms with van der Waals surface area (Å²) in [4.78, 5) is 26.6. The zero-order chi connectivity index (χ0) is 13.9. The first-order chi connectivity index (χ1) is 8.29. The summed E-state index contributed by atoms with van der Waals surface area (Å²) in [5, 5.41) is 8.95. The maximum absolute atomic E-state index is 12.1. The summed E-state index contributed by atoms with van der Waals surface area (Å²) in [5.74, 6) is -1.09. The maximum atomic E-state index is 12.1. The topological polar surface area (TPSA) is 70.1 Å². The first-order valence-electron chi connectivity index (χ1n) is 6.02. The number of ether oxygens (including phenoxy) is 1. The summed E-state index contributed by atoms with van der Waals surface area (Å²) < 4.78 is 5.04. The summed E-state index contributed by atoms with van der Waals surface area (Å²) >= 11 is 0. The third-order valence-corrected chi connectivity index (χ3v) is 3.34. The van der Waals surface area contributed by atoms with Crippen LogP contribution in [0.25, 0.3) is 0 Å². The number of hydrogen-bond donors (Lipinski definition) is 1. The zero-order valence-corrected chi connectivity index (χ0v) is 11.5. The Bertz CT molecular complexity index is 330. The van der Waals surface area contributed by atoms with Crippen molar-refractivity contribution >= 4 is 11.9 Å². The van der Waals surface area contributed by atoms with Gasteiger partial charge in [-0.1, -0.05) is 0 Å². The molecule has 0 aromatic rings. The number of rotatable bonds is 5. The molecule has 1 fully saturated rings. The van der Waals surface area contributed by atoms with E-state index in [9.17, 15) is 9.59 Å². The molecule has 1 heterocycles. The van der Waals surface area contributed by atoms with Crippen molar-refractivity contribution in [2.45, 2.75) is 31.8 Å². The molecule has 6 heteroatoms. The van der Waals surface area contributed by atoms with Crippen LogP contribution in [-0.4, -0.2) is 72.2 Å². The van der Waals surface area contributed by atoms with E-state index in [2.05, 4.69) is 0 Å². The highest BCUT2D eigenvalue weighted by molar-refractivity contribution is 5.87. The van der Waals surface area contributed by atoms with Gasteiger partial charge in [-0.3, -0.25) is 14.5 Å². The van der Waals surface area contributed by atoms with E-state index in [-0.39, 0.29) is 17.9 Å². The zero-order valence-electron chi connectivity index (χ0n) is 11.5. The van der Waals surface area contributed by atoms with Gasteiger partial charge in [0.2, 0.25) is 5.91 Å². The number of methoxy groups -OCH3 is 1. The van der Waals surface area contributed by atoms with Crippen molar-refractivity contribution in [3.05, 3.63) is 0 Å². The summed E-state index contributed by atoms with van der Waals surface area (Å²) in [6, 6.07) is -0.605. The average Bonchev–Trinajstić information content (AvgIpc) is 2.23. The van der Waals surface area contributed by atoms with Gasteiger partial charge < -0.3 is 14.7 Å². The lowest BCUT2D eigenvalue weighted by Gasteiger charge is -2.49. The minimum absolute atomic E-state index is 0.132. The molecule has 1 aliphatic rings. The first kappa shape index (κ1) is 14.9. The molecule has 0 aliphatic carbocycles. The number of carbonyl (C=O) groups is 2. The molecule has 104 valence electrons. The van der Waals surface area contributed by atoms with Crippen molar-refractivity contribution in [3.8, 4) is 0 Å². The van der Waals surface area contributed by atoms with Gasteiger partial charge in [-0.15, -0.1) is 0 Å². The van der Waals surface area contributed by atoms with Gasteiger partial charge in [-0.25, -0.2) is 0 Å². The number of piperazine rings is 1. The van der Waals surface area contributed by atoms with Crippen LogP contribution in [0.15, 0.2) is 0 Å². The van der Waals surface area contributed by atoms with Crippen molar-refractivity contribution in [2.75, 3.05) is 33.9 Å². The van der Waals surface area contributed by atoms with E-state index in [0.717, 1.165) is 0 Å². The second-order valence-corrected chi connectivity index (χ2v) is 5.31. The Morgan fingerprint density at radius 3 is 2.67 bits per heavy atom. The highest BCUT2D eigenvalue weighted by atomic mass is 16.5. The number of nitrogens with zero attached hydrogens (tertiary/aromatic N) is 2. The van der Waals surface area contributed by atoms with Gasteiger partial charge >= 0.3 is 5.97 Å². The highest BCUT2D eigenvalue weighted by Crippen LogP contribution is 2.26. The smallest absolute Gasteiger partial charge is 0.305 e. The summed E-state index contributed by atoms with van der Waals surface area (Å²) in [7, 11) is 3.31. The number of carboxylic acids is 1. The molecule has 0 bridgehead atoms. The standard InChI is InChI=1S/C12H22N2O4/c1-12(2)8-13(3)11(17)9(7-10(15)16)14(12)5-6-18-4/h9H,5-8H2,1-4H3,(H,15,16). The largest absolute Gasteiger partial charge is 0.481 e. The molecule has 18 heavy (non-hydrogen) atoms. The van der Waals surface area contributed by atoms with Crippen LogP contribution in [0, 0.1) is 0 Å². The van der Waals surface area contributed by atoms with Crippen LogP contribution in [-0.2, 0) is 14.3 Å². The Morgan fingerprint density at radius 2 is 2.17 bits per heavy atom. The highest BCUT2D eigenvalue weighted by Gasteiger charge is 2.44. The van der Waals surface area contributed by atoms with Crippen molar-refractivity contribution in [2.24, 2.45) is 0 Å². The number of aliphatic carboxylic acids is 1. The quantitative estimate of drug-likeness (QED) is 0.753. The lowest BCUT2D eigenvalue weighted by Crippen LogP contribution is -2.66. The number of likely N-dealkylation sites (N-methyl/N-ethyl adjacent to an activating group) is 1. The van der Waals surface area contributed by atoms with Gasteiger partial charge in [-0.05, 0) is 13.8 Å². The lowest BCUT2D eigenvalue weighted by atomic mass is 9.93. The summed E-state index contributed by atoms with van der Waals surface area (Å²) in [5.41, 5.74) is -0.249. The molecule has 0 saturated carbocycles. The third-order valence-electron chi connectivity index (χ3n) is 3.34. The molecule has 0 aromatic heterocycles. The van der Waals surface area contributed by atoms with Crippen LogP contribution in [0.3, 0.4) is 0 Å². The monoisotopic (exact) mass is 258 g/mol. The van der Waals surface area contributed by atoms with Crippen LogP contribution in [0.1, 0.15) is 20.3 Å². The fourth-order valence-electron chi connectivity index (χ4n) is 2.57. The number of carbonyl (C=O) groups excluding carboxylic acids is 1. The molecule has 1 saturated heterocycles. The molecule has 1 rings (SSSR count). The van der Waals surface area contributed by atoms with Crippen LogP contribution in [0.2, 0.25) is 0 Å². The number of amides is 1. The molecular formula is C12H22N2O4. The van der Waals surface area contributed by atoms with Crippen molar-refractivity contribution in [1.29, 1.82) is 0 Å². The molecule has 0 spiro atoms. The van der Waals surface area contributed by atoms with Gasteiger partial charge in [0.25, 0.3) is 0 Å². The predicted octanol–water partition coefficient (Wildman–Crippen LogP) is 0.0287. The fourth-order valence-corrected chi connectivity index (χ4v) is 2.57. The first-order valence-corrected chi connectivity index (χ1v) is 6.02. The van der Waals surface area contributed by atoms with Crippen molar-refractivity contribution in [1.82, 2.24) is 9.80 Å². The molecule has 1 N–H and O–H groups in total. The predicted molar refractivity (Wildman–Crippen MR) is 66.3 cm³/mol. The molecule has 1 aliphatic heterocycles. The third kappa shape index (κ3) is 3.20. The molecule has 0 radical (unpaired) electrons. The van der Waals surface area contributed by atoms with E-state index >= 15 is 0 Å². The maximum Gasteiger partial charge on any atom is 0.305 e. The van der Waals surface area contributed by atoms with Crippen LogP contribution < -0.4 is 0 Å². The second-order valence-electron chi connectivity index (χ2n) is 5.31. The number of carboxylic acid groups (broad SMARTS) is 1. The normalized spacial score (nSPS) is 24.3. The lowest BCUT2D eigenvalue weighted by molar-refractivity contribution is -0.155. The van der Waals surface area contributed by atoms with E-state index in [4.69, 9.17) is 9.84 Å². The Morgan fingerprint density at radius 1 is 1.56 bits per heavy atom. The Labute approximate surface area is 107 Å². The number of hydrogen-bond acceptors (Lipinski definition) is 4. The summed E-state index contributed by atoms with van der Waals surface area (Å²) in [6.07, 6.45) is -0.170. The molecule has 1 amide bonds. The summed E-state index contributed by atoms with van der Waals surface area (Å²) in [6.45, 7) is 5.66. The Hall–Kier alpha value is -1.14. The molecule has 1 atom stereocenters. The Balaban J connectivity index is 2.94. The van der Waals surface area contributed by atoms with E-state index in [1.54, 1.807) is 19.1 Å². The molecule has 1 unspecified atom stereocenters. The van der Waals surface area contributed by atoms with Crippen LogP contribution in [0.5, 0.6) is 0 Å². The van der Waals surface area contributed by atoms with Crippen LogP contribution in [0.4, 0.5) is 0 Å². The van der Waals surface area contributed by atoms with Crippen molar-refractivity contribution < 1.29 is 19.4 Å². The van der Waals surface area contributed by atoms with Crippen molar-refractivity contribution in [3.63, 3.8) is 0 Å². The molecular weight excluding hydrogens is 236 g/mol. The van der Waals surface area contributed by atoms with Gasteiger partial charge in [0.1, 0.15) is 6.04 Å². The van der Waals surface area contributed by atoms with E-state index in [1.807, 2.05) is 18.7 Å². The molecule has 0 aromatic carbocycles.